The number of piperazine rings is 1. The van der Waals surface area contributed by atoms with Crippen LogP contribution in [0.25, 0.3) is 22.2 Å². The van der Waals surface area contributed by atoms with E-state index in [1.807, 2.05) is 24.0 Å². The number of fused-ring (bicyclic) bond motifs is 1. The monoisotopic (exact) mass is 497 g/mol. The standard InChI is InChI=1S/C27H31N9O/c1-4-22(37)36-16-27(17-36)7-8-35(15-27)25-19(13-28)24(23-18(2)5-6-21-20(23)14-29-32-21)30-26(31-25)34-11-9-33(3)10-12-34/h4-6,14H,1,7-12,15-17H2,2-3H3,(H,29,32). The van der Waals surface area contributed by atoms with E-state index in [1.165, 1.54) is 6.08 Å². The fourth-order valence-electron chi connectivity index (χ4n) is 5.96. The van der Waals surface area contributed by atoms with Gasteiger partial charge in [-0.25, -0.2) is 4.98 Å². The van der Waals surface area contributed by atoms with Gasteiger partial charge in [0.2, 0.25) is 11.9 Å². The molecule has 0 aliphatic carbocycles. The van der Waals surface area contributed by atoms with E-state index in [4.69, 9.17) is 9.97 Å². The molecular weight excluding hydrogens is 466 g/mol. The number of hydrogen-bond donors (Lipinski definition) is 1. The van der Waals surface area contributed by atoms with Crippen LogP contribution in [0.2, 0.25) is 0 Å². The number of nitriles is 1. The van der Waals surface area contributed by atoms with Gasteiger partial charge >= 0.3 is 0 Å². The van der Waals surface area contributed by atoms with Gasteiger partial charge in [-0.2, -0.15) is 15.3 Å². The Morgan fingerprint density at radius 1 is 1.14 bits per heavy atom. The van der Waals surface area contributed by atoms with Crippen LogP contribution in [0.3, 0.4) is 0 Å². The van der Waals surface area contributed by atoms with Crippen LogP contribution in [0.4, 0.5) is 11.8 Å². The van der Waals surface area contributed by atoms with Crippen LogP contribution in [0.5, 0.6) is 0 Å². The number of likely N-dealkylation sites (tertiary alicyclic amines) is 1. The summed E-state index contributed by atoms with van der Waals surface area (Å²) in [6.07, 6.45) is 4.14. The highest BCUT2D eigenvalue weighted by atomic mass is 16.2. The number of nitrogens with one attached hydrogen (secondary N) is 1. The number of hydrogen-bond acceptors (Lipinski definition) is 8. The fourth-order valence-corrected chi connectivity index (χ4v) is 5.96. The lowest BCUT2D eigenvalue weighted by molar-refractivity contribution is -0.136. The molecule has 10 heteroatoms. The van der Waals surface area contributed by atoms with Crippen molar-refractivity contribution in [3.63, 3.8) is 0 Å². The van der Waals surface area contributed by atoms with Gasteiger partial charge in [0, 0.05) is 68.7 Å². The van der Waals surface area contributed by atoms with Gasteiger partial charge in [0.25, 0.3) is 0 Å². The number of carbonyl (C=O) groups is 1. The average Bonchev–Trinajstić information content (AvgIpc) is 3.55. The third kappa shape index (κ3) is 3.90. The summed E-state index contributed by atoms with van der Waals surface area (Å²) in [7, 11) is 2.12. The molecule has 1 aromatic carbocycles. The Labute approximate surface area is 216 Å². The van der Waals surface area contributed by atoms with Gasteiger partial charge in [0.05, 0.1) is 17.4 Å². The van der Waals surface area contributed by atoms with E-state index in [0.29, 0.717) is 36.1 Å². The number of amides is 1. The maximum Gasteiger partial charge on any atom is 0.245 e. The summed E-state index contributed by atoms with van der Waals surface area (Å²) in [6, 6.07) is 6.51. The van der Waals surface area contributed by atoms with E-state index in [0.717, 1.165) is 67.7 Å². The summed E-state index contributed by atoms with van der Waals surface area (Å²) < 4.78 is 0. The second-order valence-electron chi connectivity index (χ2n) is 10.6. The second-order valence-corrected chi connectivity index (χ2v) is 10.6. The molecule has 37 heavy (non-hydrogen) atoms. The molecule has 2 aromatic heterocycles. The molecule has 1 N–H and O–H groups in total. The summed E-state index contributed by atoms with van der Waals surface area (Å²) in [6.45, 7) is 12.2. The van der Waals surface area contributed by atoms with E-state index in [2.05, 4.69) is 44.6 Å². The molecule has 3 aromatic rings. The molecule has 3 saturated heterocycles. The lowest BCUT2D eigenvalue weighted by atomic mass is 9.79. The van der Waals surface area contributed by atoms with Crippen molar-refractivity contribution >= 4 is 28.6 Å². The summed E-state index contributed by atoms with van der Waals surface area (Å²) >= 11 is 0. The summed E-state index contributed by atoms with van der Waals surface area (Å²) in [4.78, 5) is 30.7. The molecule has 1 amide bonds. The van der Waals surface area contributed by atoms with Crippen LogP contribution in [0, 0.1) is 23.7 Å². The maximum atomic E-state index is 12.1. The Balaban J connectivity index is 1.44. The van der Waals surface area contributed by atoms with Crippen LogP contribution < -0.4 is 9.80 Å². The zero-order valence-corrected chi connectivity index (χ0v) is 21.4. The van der Waals surface area contributed by atoms with Crippen molar-refractivity contribution in [2.45, 2.75) is 13.3 Å². The normalized spacial score (nSPS) is 19.3. The zero-order valence-electron chi connectivity index (χ0n) is 21.4. The molecule has 0 bridgehead atoms. The third-order valence-corrected chi connectivity index (χ3v) is 8.12. The number of aromatic amines is 1. The van der Waals surface area contributed by atoms with Gasteiger partial charge < -0.3 is 19.6 Å². The first-order valence-corrected chi connectivity index (χ1v) is 12.8. The van der Waals surface area contributed by atoms with E-state index in [1.54, 1.807) is 6.20 Å². The van der Waals surface area contributed by atoms with Crippen molar-refractivity contribution in [2.24, 2.45) is 5.41 Å². The largest absolute Gasteiger partial charge is 0.355 e. The number of H-pyrrole nitrogens is 1. The lowest BCUT2D eigenvalue weighted by Gasteiger charge is -2.47. The average molecular weight is 498 g/mol. The van der Waals surface area contributed by atoms with Crippen molar-refractivity contribution in [2.75, 3.05) is 69.2 Å². The van der Waals surface area contributed by atoms with Crippen molar-refractivity contribution in [3.8, 4) is 17.3 Å². The highest BCUT2D eigenvalue weighted by molar-refractivity contribution is 5.97. The summed E-state index contributed by atoms with van der Waals surface area (Å²) in [5.74, 6) is 1.33. The van der Waals surface area contributed by atoms with Crippen LogP contribution in [0.1, 0.15) is 17.5 Å². The first-order chi connectivity index (χ1) is 17.9. The molecule has 5 heterocycles. The molecule has 3 aliphatic rings. The molecule has 0 unspecified atom stereocenters. The van der Waals surface area contributed by atoms with E-state index < -0.39 is 0 Å². The van der Waals surface area contributed by atoms with Crippen molar-refractivity contribution in [3.05, 3.63) is 42.1 Å². The number of likely N-dealkylation sites (N-methyl/N-ethyl adjacent to an activating group) is 1. The van der Waals surface area contributed by atoms with Crippen molar-refractivity contribution in [1.29, 1.82) is 5.26 Å². The van der Waals surface area contributed by atoms with Crippen molar-refractivity contribution in [1.82, 2.24) is 30.0 Å². The second kappa shape index (κ2) is 8.85. The summed E-state index contributed by atoms with van der Waals surface area (Å²) in [5.41, 5.74) is 4.05. The smallest absolute Gasteiger partial charge is 0.245 e. The Bertz CT molecular complexity index is 1420. The predicted molar refractivity (Wildman–Crippen MR) is 142 cm³/mol. The maximum absolute atomic E-state index is 12.1. The molecule has 0 radical (unpaired) electrons. The van der Waals surface area contributed by atoms with Crippen LogP contribution in [-0.4, -0.2) is 95.3 Å². The lowest BCUT2D eigenvalue weighted by Crippen LogP contribution is -2.59. The number of rotatable bonds is 4. The minimum absolute atomic E-state index is 0.0212. The molecule has 10 nitrogen and oxygen atoms in total. The quantitative estimate of drug-likeness (QED) is 0.547. The topological polar surface area (TPSA) is 108 Å². The van der Waals surface area contributed by atoms with E-state index >= 15 is 0 Å². The number of anilines is 2. The van der Waals surface area contributed by atoms with Gasteiger partial charge in [-0.3, -0.25) is 9.89 Å². The Kier molecular flexibility index (Phi) is 5.60. The number of carbonyl (C=O) groups excluding carboxylic acids is 1. The van der Waals surface area contributed by atoms with Crippen LogP contribution in [0.15, 0.2) is 31.0 Å². The molecule has 190 valence electrons. The Hall–Kier alpha value is -3.97. The highest BCUT2D eigenvalue weighted by Gasteiger charge is 2.49. The minimum Gasteiger partial charge on any atom is -0.355 e. The predicted octanol–water partition coefficient (Wildman–Crippen LogP) is 2.18. The first-order valence-electron chi connectivity index (χ1n) is 12.8. The number of nitrogens with zero attached hydrogens (tertiary/aromatic N) is 8. The Morgan fingerprint density at radius 2 is 1.92 bits per heavy atom. The van der Waals surface area contributed by atoms with Gasteiger partial charge in [-0.1, -0.05) is 12.6 Å². The molecular formula is C27H31N9O. The van der Waals surface area contributed by atoms with Gasteiger partial charge in [0.15, 0.2) is 5.82 Å². The molecule has 3 fully saturated rings. The number of benzene rings is 1. The third-order valence-electron chi connectivity index (χ3n) is 8.12. The van der Waals surface area contributed by atoms with Gasteiger partial charge in [0.1, 0.15) is 11.6 Å². The summed E-state index contributed by atoms with van der Waals surface area (Å²) in [5, 5.41) is 18.7. The van der Waals surface area contributed by atoms with Crippen LogP contribution in [-0.2, 0) is 4.79 Å². The Morgan fingerprint density at radius 3 is 2.65 bits per heavy atom. The van der Waals surface area contributed by atoms with Gasteiger partial charge in [-0.05, 0) is 38.1 Å². The van der Waals surface area contributed by atoms with Crippen LogP contribution >= 0.6 is 0 Å². The molecule has 1 spiro atoms. The van der Waals surface area contributed by atoms with E-state index in [9.17, 15) is 10.1 Å². The first kappa shape index (κ1) is 23.4. The molecule has 3 aliphatic heterocycles. The molecule has 0 atom stereocenters. The van der Waals surface area contributed by atoms with E-state index in [-0.39, 0.29) is 11.3 Å². The zero-order chi connectivity index (χ0) is 25.7. The minimum atomic E-state index is -0.0212. The molecule has 0 saturated carbocycles. The van der Waals surface area contributed by atoms with Gasteiger partial charge in [-0.15, -0.1) is 0 Å². The SMILES string of the molecule is C=CC(=O)N1CC2(CCN(c3nc(N4CCN(C)CC4)nc(-c4c(C)ccc5[nH]ncc45)c3C#N)C2)C1. The fraction of sp³-hybridized carbons (Fsp3) is 0.444. The number of aromatic nitrogens is 4. The van der Waals surface area contributed by atoms with Crippen molar-refractivity contribution < 1.29 is 4.79 Å². The molecule has 6 rings (SSSR count). The number of aryl methyl sites for hydroxylation is 1. The highest BCUT2D eigenvalue weighted by Crippen LogP contribution is 2.43.